The average molecular weight is 1020 g/mol. The molecule has 0 bridgehead atoms. The van der Waals surface area contributed by atoms with Crippen molar-refractivity contribution in [1.82, 2.24) is 10.2 Å². The van der Waals surface area contributed by atoms with Crippen LogP contribution in [0.15, 0.2) is 94.4 Å². The van der Waals surface area contributed by atoms with Crippen molar-refractivity contribution in [3.8, 4) is 0 Å². The maximum absolute atomic E-state index is 12.6. The number of fused-ring (bicyclic) bond motifs is 2. The first kappa shape index (κ1) is 54.0. The Kier molecular flexibility index (Phi) is 17.3. The fourth-order valence-electron chi connectivity index (χ4n) is 8.91. The predicted octanol–water partition coefficient (Wildman–Crippen LogP) is 2.52. The van der Waals surface area contributed by atoms with Gasteiger partial charge in [-0.2, -0.15) is 4.58 Å². The van der Waals surface area contributed by atoms with Crippen LogP contribution in [0.2, 0.25) is 0 Å². The average Bonchev–Trinajstić information content (AvgIpc) is 3.77. The van der Waals surface area contributed by atoms with Gasteiger partial charge >= 0.3 is 0 Å². The van der Waals surface area contributed by atoms with Gasteiger partial charge in [0.2, 0.25) is 11.6 Å². The van der Waals surface area contributed by atoms with Crippen LogP contribution in [0.1, 0.15) is 76.3 Å². The SMILES string of the molecule is COCCN1/C(=C/C=C/C=C/C2=[N+](CCCCCC(=O)NCCN3C(=O)C=CC3=O)c3ccc(S(=O)(=O)[O-])cc3C2(C)CCCS(=O)(=O)[O-])C(C)(CCCS(=O)(=O)[O-])c2cc(S(=O)(=O)[O-])ccc21. The highest BCUT2D eigenvalue weighted by atomic mass is 32.2. The van der Waals surface area contributed by atoms with Crippen LogP contribution in [0.3, 0.4) is 0 Å². The zero-order valence-corrected chi connectivity index (χ0v) is 40.9. The number of unbranched alkanes of at least 4 members (excludes halogenated alkanes) is 2. The molecule has 0 saturated heterocycles. The number of allylic oxidation sites excluding steroid dienone is 6. The Balaban J connectivity index is 1.48. The summed E-state index contributed by atoms with van der Waals surface area (Å²) >= 11 is 0. The molecule has 3 heterocycles. The third-order valence-electron chi connectivity index (χ3n) is 12.2. The van der Waals surface area contributed by atoms with Gasteiger partial charge in [-0.05, 0) is 94.3 Å². The molecule has 3 amide bonds. The molecule has 0 spiro atoms. The van der Waals surface area contributed by atoms with E-state index in [-0.39, 0.29) is 64.3 Å². The Morgan fingerprint density at radius 2 is 1.31 bits per heavy atom. The number of hydrogen-bond acceptors (Lipinski definition) is 17. The molecule has 2 atom stereocenters. The normalized spacial score (nSPS) is 20.5. The van der Waals surface area contributed by atoms with Crippen molar-refractivity contribution in [2.75, 3.05) is 56.3 Å². The summed E-state index contributed by atoms with van der Waals surface area (Å²) in [5, 5.41) is 2.69. The van der Waals surface area contributed by atoms with E-state index in [1.54, 1.807) is 44.2 Å². The minimum atomic E-state index is -4.94. The van der Waals surface area contributed by atoms with Crippen LogP contribution in [0.4, 0.5) is 11.4 Å². The Bertz CT molecular complexity index is 2890. The minimum absolute atomic E-state index is 0.0230. The van der Waals surface area contributed by atoms with E-state index in [9.17, 15) is 66.3 Å². The lowest BCUT2D eigenvalue weighted by Crippen LogP contribution is -2.38. The zero-order chi connectivity index (χ0) is 50.3. The first-order chi connectivity index (χ1) is 31.7. The summed E-state index contributed by atoms with van der Waals surface area (Å²) in [4.78, 5) is 38.0. The Labute approximate surface area is 397 Å². The van der Waals surface area contributed by atoms with Gasteiger partial charge in [0, 0.05) is 97.7 Å². The molecule has 372 valence electrons. The molecule has 3 aliphatic rings. The third kappa shape index (κ3) is 13.4. The molecule has 2 aromatic carbocycles. The Morgan fingerprint density at radius 1 is 0.721 bits per heavy atom. The summed E-state index contributed by atoms with van der Waals surface area (Å²) in [7, 11) is -17.6. The monoisotopic (exact) mass is 1020 g/mol. The topological polar surface area (TPSA) is 311 Å². The van der Waals surface area contributed by atoms with Crippen molar-refractivity contribution in [3.63, 3.8) is 0 Å². The second kappa shape index (κ2) is 21.8. The van der Waals surface area contributed by atoms with E-state index in [1.807, 2.05) is 9.48 Å². The molecular weight excluding hydrogens is 969 g/mol. The van der Waals surface area contributed by atoms with E-state index in [0.717, 1.165) is 17.1 Å². The lowest BCUT2D eigenvalue weighted by Gasteiger charge is -2.30. The maximum atomic E-state index is 12.6. The van der Waals surface area contributed by atoms with Crippen LogP contribution in [0.5, 0.6) is 0 Å². The highest BCUT2D eigenvalue weighted by Crippen LogP contribution is 2.51. The smallest absolute Gasteiger partial charge is 0.253 e. The summed E-state index contributed by atoms with van der Waals surface area (Å²) < 4.78 is 150. The van der Waals surface area contributed by atoms with Gasteiger partial charge in [-0.3, -0.25) is 19.3 Å². The van der Waals surface area contributed by atoms with Gasteiger partial charge in [-0.1, -0.05) is 18.2 Å². The summed E-state index contributed by atoms with van der Waals surface area (Å²) in [5.41, 5.74) is 0.779. The molecule has 2 unspecified atom stereocenters. The number of carbonyl (C=O) groups is 3. The van der Waals surface area contributed by atoms with Gasteiger partial charge in [0.25, 0.3) is 11.8 Å². The minimum Gasteiger partial charge on any atom is -0.748 e. The number of ether oxygens (including phenoxy) is 1. The van der Waals surface area contributed by atoms with E-state index in [1.165, 1.54) is 43.5 Å². The number of nitrogens with one attached hydrogen (secondary N) is 1. The van der Waals surface area contributed by atoms with Crippen LogP contribution in [0, 0.1) is 0 Å². The standard InChI is InChI=1S/C44H56N4O16S4/c1-43(21-10-28-65(52,53)54)34-30-32(67(58,59)60)15-17-36(34)46(24-9-5-8-14-40(49)45-23-25-48-41(50)19-20-42(48)51)38(43)12-6-4-7-13-39-44(2,22-11-29-66(55,56)57)35-31-33(68(61,62)63)16-18-37(35)47(39)26-27-64-3/h4,6-7,12-13,15-20,30-31H,5,8-11,14,21-29H2,1-3H3,(H4-,45,49,52,53,54,55,56,57,58,59,60,61,62,63)/p-3. The largest absolute Gasteiger partial charge is 0.748 e. The predicted molar refractivity (Wildman–Crippen MR) is 244 cm³/mol. The number of methoxy groups -OCH3 is 1. The summed E-state index contributed by atoms with van der Waals surface area (Å²) in [6.45, 7) is 4.37. The van der Waals surface area contributed by atoms with Gasteiger partial charge < -0.3 is 33.2 Å². The number of carbonyl (C=O) groups excluding carboxylic acids is 3. The van der Waals surface area contributed by atoms with Crippen molar-refractivity contribution >= 4 is 75.3 Å². The number of rotatable bonds is 25. The Hall–Kier alpha value is -4.92. The molecule has 68 heavy (non-hydrogen) atoms. The molecule has 0 saturated carbocycles. The fraction of sp³-hybridized carbons (Fsp3) is 0.455. The van der Waals surface area contributed by atoms with E-state index >= 15 is 0 Å². The molecule has 0 radical (unpaired) electrons. The number of hydrogen-bond donors (Lipinski definition) is 1. The summed E-state index contributed by atoms with van der Waals surface area (Å²) in [6.07, 6.45) is 12.2. The number of anilines is 1. The number of benzene rings is 2. The molecule has 0 aromatic heterocycles. The molecule has 0 aliphatic carbocycles. The number of nitrogens with zero attached hydrogens (tertiary/aromatic N) is 3. The lowest BCUT2D eigenvalue weighted by molar-refractivity contribution is -0.438. The molecule has 1 N–H and O–H groups in total. The van der Waals surface area contributed by atoms with Crippen LogP contribution in [0.25, 0.3) is 0 Å². The summed E-state index contributed by atoms with van der Waals surface area (Å²) in [6, 6.07) is 7.80. The number of amides is 3. The van der Waals surface area contributed by atoms with Gasteiger partial charge in [0.15, 0.2) is 5.71 Å². The highest BCUT2D eigenvalue weighted by molar-refractivity contribution is 7.86. The van der Waals surface area contributed by atoms with Gasteiger partial charge in [-0.15, -0.1) is 0 Å². The first-order valence-electron chi connectivity index (χ1n) is 21.5. The zero-order valence-electron chi connectivity index (χ0n) is 37.6. The Morgan fingerprint density at radius 3 is 1.90 bits per heavy atom. The van der Waals surface area contributed by atoms with E-state index in [2.05, 4.69) is 5.32 Å². The highest BCUT2D eigenvalue weighted by Gasteiger charge is 2.48. The molecule has 20 nitrogen and oxygen atoms in total. The lowest BCUT2D eigenvalue weighted by atomic mass is 9.76. The van der Waals surface area contributed by atoms with Crippen molar-refractivity contribution in [2.24, 2.45) is 0 Å². The quantitative estimate of drug-likeness (QED) is 0.0491. The fourth-order valence-corrected chi connectivity index (χ4v) is 10.9. The van der Waals surface area contributed by atoms with Crippen molar-refractivity contribution in [3.05, 3.63) is 95.8 Å². The van der Waals surface area contributed by atoms with Crippen LogP contribution < -0.4 is 10.2 Å². The van der Waals surface area contributed by atoms with E-state index < -0.39 is 84.4 Å². The second-order valence-corrected chi connectivity index (χ2v) is 22.8. The molecule has 3 aliphatic heterocycles. The van der Waals surface area contributed by atoms with Crippen molar-refractivity contribution in [2.45, 2.75) is 85.8 Å². The van der Waals surface area contributed by atoms with Crippen molar-refractivity contribution in [1.29, 1.82) is 0 Å². The van der Waals surface area contributed by atoms with Crippen LogP contribution in [-0.2, 0) is 70.4 Å². The summed E-state index contributed by atoms with van der Waals surface area (Å²) in [5.74, 6) is -2.61. The van der Waals surface area contributed by atoms with Gasteiger partial charge in [-0.25, -0.2) is 33.7 Å². The molecule has 5 rings (SSSR count). The molecule has 2 aromatic rings. The van der Waals surface area contributed by atoms with E-state index in [4.69, 9.17) is 4.74 Å². The first-order valence-corrected chi connectivity index (χ1v) is 27.5. The molecule has 24 heteroatoms. The van der Waals surface area contributed by atoms with Crippen LogP contribution in [-0.4, -0.2) is 136 Å². The molecule has 0 fully saturated rings. The van der Waals surface area contributed by atoms with Gasteiger partial charge in [0.1, 0.15) is 26.8 Å². The van der Waals surface area contributed by atoms with Gasteiger partial charge in [0.05, 0.1) is 42.0 Å². The number of imide groups is 1. The molecular formula is C44H53N4O16S4-3. The van der Waals surface area contributed by atoms with Crippen molar-refractivity contribution < 1.29 is 75.6 Å². The van der Waals surface area contributed by atoms with Crippen LogP contribution >= 0.6 is 0 Å². The third-order valence-corrected chi connectivity index (χ3v) is 15.5. The van der Waals surface area contributed by atoms with E-state index in [0.29, 0.717) is 59.7 Å². The second-order valence-electron chi connectivity index (χ2n) is 17.0. The maximum Gasteiger partial charge on any atom is 0.253 e.